The van der Waals surface area contributed by atoms with Crippen molar-refractivity contribution in [1.82, 2.24) is 18.9 Å². The van der Waals surface area contributed by atoms with E-state index in [-0.39, 0.29) is 0 Å². The van der Waals surface area contributed by atoms with Crippen LogP contribution in [0.5, 0.6) is 0 Å². The number of benzene rings is 7. The number of hydrogen-bond donors (Lipinski definition) is 0. The van der Waals surface area contributed by atoms with Crippen LogP contribution in [0.15, 0.2) is 146 Å². The van der Waals surface area contributed by atoms with E-state index in [4.69, 9.17) is 9.97 Å². The molecule has 0 bridgehead atoms. The first-order valence-corrected chi connectivity index (χ1v) is 15.7. The van der Waals surface area contributed by atoms with E-state index in [0.717, 1.165) is 39.1 Å². The molecule has 0 saturated heterocycles. The number of fused-ring (bicyclic) bond motifs is 14. The Morgan fingerprint density at radius 3 is 1.72 bits per heavy atom. The summed E-state index contributed by atoms with van der Waals surface area (Å²) in [5.74, 6) is 0.836. The summed E-state index contributed by atoms with van der Waals surface area (Å²) in [6.07, 6.45) is 0. The van der Waals surface area contributed by atoms with Crippen LogP contribution in [-0.4, -0.2) is 18.9 Å². The Morgan fingerprint density at radius 1 is 0.370 bits per heavy atom. The van der Waals surface area contributed by atoms with E-state index in [1.807, 2.05) is 18.2 Å². The topological polar surface area (TPSA) is 35.1 Å². The molecule has 0 unspecified atom stereocenters. The highest BCUT2D eigenvalue weighted by atomic mass is 15.1. The predicted molar refractivity (Wildman–Crippen MR) is 191 cm³/mol. The molecule has 0 saturated carbocycles. The van der Waals surface area contributed by atoms with Crippen LogP contribution < -0.4 is 0 Å². The summed E-state index contributed by atoms with van der Waals surface area (Å²) in [7, 11) is 0. The zero-order valence-electron chi connectivity index (χ0n) is 24.6. The lowest BCUT2D eigenvalue weighted by atomic mass is 9.98. The van der Waals surface area contributed by atoms with Crippen LogP contribution in [0.1, 0.15) is 0 Å². The van der Waals surface area contributed by atoms with Crippen molar-refractivity contribution >= 4 is 81.7 Å². The highest BCUT2D eigenvalue weighted by Crippen LogP contribution is 2.48. The van der Waals surface area contributed by atoms with Gasteiger partial charge in [-0.05, 0) is 24.3 Å². The van der Waals surface area contributed by atoms with E-state index < -0.39 is 0 Å². The van der Waals surface area contributed by atoms with Crippen LogP contribution in [0.25, 0.3) is 98.8 Å². The third-order valence-corrected chi connectivity index (χ3v) is 9.80. The van der Waals surface area contributed by atoms with Gasteiger partial charge in [0.1, 0.15) is 5.69 Å². The molecule has 0 aliphatic heterocycles. The van der Waals surface area contributed by atoms with Crippen LogP contribution in [0.3, 0.4) is 0 Å². The summed E-state index contributed by atoms with van der Waals surface area (Å²) in [4.78, 5) is 10.7. The highest BCUT2D eigenvalue weighted by molar-refractivity contribution is 6.39. The van der Waals surface area contributed by atoms with Crippen molar-refractivity contribution in [3.8, 4) is 17.1 Å². The summed E-state index contributed by atoms with van der Waals surface area (Å²) in [5, 5.41) is 10.0. The molecule has 7 aromatic carbocycles. The second kappa shape index (κ2) is 8.68. The van der Waals surface area contributed by atoms with Gasteiger partial charge in [-0.25, -0.2) is 9.97 Å². The van der Waals surface area contributed by atoms with Gasteiger partial charge in [0.15, 0.2) is 5.82 Å². The maximum Gasteiger partial charge on any atom is 0.165 e. The van der Waals surface area contributed by atoms with Crippen LogP contribution >= 0.6 is 0 Å². The Hall–Kier alpha value is -6.26. The van der Waals surface area contributed by atoms with Crippen LogP contribution in [-0.2, 0) is 0 Å². The fourth-order valence-electron chi connectivity index (χ4n) is 8.00. The van der Waals surface area contributed by atoms with Gasteiger partial charge in [0.05, 0.1) is 38.6 Å². The molecule has 212 valence electrons. The normalized spacial score (nSPS) is 12.3. The van der Waals surface area contributed by atoms with Crippen molar-refractivity contribution in [3.05, 3.63) is 146 Å². The zero-order valence-corrected chi connectivity index (χ0v) is 24.6. The van der Waals surface area contributed by atoms with Gasteiger partial charge in [-0.1, -0.05) is 121 Å². The molecular formula is C42H24N4. The van der Waals surface area contributed by atoms with Crippen molar-refractivity contribution in [2.75, 3.05) is 0 Å². The quantitative estimate of drug-likeness (QED) is 0.203. The molecule has 11 aromatic rings. The first-order chi connectivity index (χ1) is 22.9. The third kappa shape index (κ3) is 2.94. The number of nitrogens with zero attached hydrogens (tertiary/aromatic N) is 4. The summed E-state index contributed by atoms with van der Waals surface area (Å²) in [6, 6.07) is 51.9. The van der Waals surface area contributed by atoms with Crippen molar-refractivity contribution in [2.45, 2.75) is 0 Å². The lowest BCUT2D eigenvalue weighted by Crippen LogP contribution is -2.04. The highest BCUT2D eigenvalue weighted by Gasteiger charge is 2.27. The molecule has 4 aromatic heterocycles. The van der Waals surface area contributed by atoms with Gasteiger partial charge in [-0.2, -0.15) is 0 Å². The second-order valence-electron chi connectivity index (χ2n) is 12.2. The number of aromatic nitrogens is 4. The maximum absolute atomic E-state index is 5.40. The standard InChI is InChI=1S/C42H24N4/c1-2-13-25(14-3-1)38-42(44-33-22-9-8-21-32(33)43-38)46-35-24-11-7-18-30(35)36-37-31-20-12-19-27-26-15-6-10-23-34(26)45(39(27)31)40(37)28-16-4-5-17-29(28)41(36)46/h1-24H. The van der Waals surface area contributed by atoms with Gasteiger partial charge in [0.25, 0.3) is 0 Å². The Morgan fingerprint density at radius 2 is 0.913 bits per heavy atom. The molecule has 0 N–H and O–H groups in total. The average Bonchev–Trinajstić information content (AvgIpc) is 3.77. The summed E-state index contributed by atoms with van der Waals surface area (Å²) in [6.45, 7) is 0. The monoisotopic (exact) mass is 584 g/mol. The largest absolute Gasteiger partial charge is 0.307 e. The predicted octanol–water partition coefficient (Wildman–Crippen LogP) is 10.7. The smallest absolute Gasteiger partial charge is 0.165 e. The van der Waals surface area contributed by atoms with Gasteiger partial charge in [0, 0.05) is 48.7 Å². The second-order valence-corrected chi connectivity index (χ2v) is 12.2. The summed E-state index contributed by atoms with van der Waals surface area (Å²) in [5.41, 5.74) is 9.72. The molecule has 0 radical (unpaired) electrons. The zero-order chi connectivity index (χ0) is 29.9. The van der Waals surface area contributed by atoms with E-state index in [0.29, 0.717) is 0 Å². The Balaban J connectivity index is 1.44. The van der Waals surface area contributed by atoms with E-state index >= 15 is 0 Å². The van der Waals surface area contributed by atoms with Gasteiger partial charge in [-0.15, -0.1) is 0 Å². The molecule has 4 nitrogen and oxygen atoms in total. The number of para-hydroxylation sites is 5. The van der Waals surface area contributed by atoms with Gasteiger partial charge in [0.2, 0.25) is 0 Å². The lowest BCUT2D eigenvalue weighted by molar-refractivity contribution is 1.08. The molecule has 4 heteroatoms. The van der Waals surface area contributed by atoms with Crippen LogP contribution in [0.4, 0.5) is 0 Å². The molecule has 0 atom stereocenters. The lowest BCUT2D eigenvalue weighted by Gasteiger charge is -2.15. The summed E-state index contributed by atoms with van der Waals surface area (Å²) >= 11 is 0. The number of rotatable bonds is 2. The molecule has 0 spiro atoms. The molecule has 46 heavy (non-hydrogen) atoms. The molecular weight excluding hydrogens is 560 g/mol. The molecule has 0 aliphatic carbocycles. The summed E-state index contributed by atoms with van der Waals surface area (Å²) < 4.78 is 4.88. The van der Waals surface area contributed by atoms with Gasteiger partial charge in [-0.3, -0.25) is 4.57 Å². The SMILES string of the molecule is c1ccc(-c2nc3ccccc3nc2-n2c3ccccc3c3c4c5cccc6c7ccccc7n(c65)c4c4ccccc4c32)cc1. The van der Waals surface area contributed by atoms with E-state index in [2.05, 4.69) is 136 Å². The van der Waals surface area contributed by atoms with Crippen molar-refractivity contribution < 1.29 is 0 Å². The fourth-order valence-corrected chi connectivity index (χ4v) is 8.00. The van der Waals surface area contributed by atoms with E-state index in [1.165, 1.54) is 59.6 Å². The van der Waals surface area contributed by atoms with Crippen LogP contribution in [0.2, 0.25) is 0 Å². The Labute approximate surface area is 262 Å². The van der Waals surface area contributed by atoms with Crippen molar-refractivity contribution in [3.63, 3.8) is 0 Å². The van der Waals surface area contributed by atoms with Crippen LogP contribution in [0, 0.1) is 0 Å². The number of hydrogen-bond acceptors (Lipinski definition) is 2. The molecule has 0 amide bonds. The third-order valence-electron chi connectivity index (χ3n) is 9.80. The fraction of sp³-hybridized carbons (Fsp3) is 0. The Kier molecular flexibility index (Phi) is 4.55. The molecule has 11 rings (SSSR count). The van der Waals surface area contributed by atoms with Gasteiger partial charge < -0.3 is 4.40 Å². The minimum atomic E-state index is 0.836. The minimum Gasteiger partial charge on any atom is -0.307 e. The average molecular weight is 585 g/mol. The van der Waals surface area contributed by atoms with E-state index in [9.17, 15) is 0 Å². The minimum absolute atomic E-state index is 0.836. The molecule has 0 fully saturated rings. The van der Waals surface area contributed by atoms with E-state index in [1.54, 1.807) is 0 Å². The first kappa shape index (κ1) is 24.1. The van der Waals surface area contributed by atoms with Crippen molar-refractivity contribution in [2.24, 2.45) is 0 Å². The van der Waals surface area contributed by atoms with Gasteiger partial charge >= 0.3 is 0 Å². The first-order valence-electron chi connectivity index (χ1n) is 15.7. The Bertz CT molecular complexity index is 3020. The maximum atomic E-state index is 5.40. The molecule has 4 heterocycles. The van der Waals surface area contributed by atoms with Crippen molar-refractivity contribution in [1.29, 1.82) is 0 Å². The molecule has 0 aliphatic rings.